The molecule has 2 aromatic heterocycles. The Morgan fingerprint density at radius 1 is 1.03 bits per heavy atom. The second-order valence-electron chi connectivity index (χ2n) is 6.13. The van der Waals surface area contributed by atoms with Gasteiger partial charge in [-0.2, -0.15) is 0 Å². The summed E-state index contributed by atoms with van der Waals surface area (Å²) in [6, 6.07) is 18.4. The lowest BCUT2D eigenvalue weighted by Gasteiger charge is -2.08. The van der Waals surface area contributed by atoms with E-state index < -0.39 is 0 Å². The van der Waals surface area contributed by atoms with E-state index in [-0.39, 0.29) is 17.6 Å². The van der Waals surface area contributed by atoms with E-state index in [1.807, 2.05) is 31.2 Å². The van der Waals surface area contributed by atoms with Crippen LogP contribution in [0.4, 0.5) is 5.69 Å². The number of aryl methyl sites for hydroxylation is 1. The standard InChI is InChI=1S/C21H17N3O4S/c1-14-4-8-16(9-5-14)27-17-10-6-15(7-11-17)22-19(25)13-29-21-24-23-20(28-21)18-3-2-12-26-18/h2-12H,13H2,1H3,(H,22,25). The van der Waals surface area contributed by atoms with Crippen LogP contribution in [0.3, 0.4) is 0 Å². The van der Waals surface area contributed by atoms with Crippen LogP contribution >= 0.6 is 11.8 Å². The first-order chi connectivity index (χ1) is 14.2. The molecule has 146 valence electrons. The Kier molecular flexibility index (Phi) is 5.62. The van der Waals surface area contributed by atoms with Crippen molar-refractivity contribution in [2.75, 3.05) is 11.1 Å². The number of ether oxygens (including phenoxy) is 1. The number of anilines is 1. The van der Waals surface area contributed by atoms with E-state index in [1.165, 1.54) is 11.8 Å². The van der Waals surface area contributed by atoms with Crippen molar-refractivity contribution in [2.45, 2.75) is 12.1 Å². The normalized spacial score (nSPS) is 10.7. The SMILES string of the molecule is Cc1ccc(Oc2ccc(NC(=O)CSc3nnc(-c4ccco4)o3)cc2)cc1. The highest BCUT2D eigenvalue weighted by molar-refractivity contribution is 7.99. The van der Waals surface area contributed by atoms with Crippen molar-refractivity contribution in [1.29, 1.82) is 0 Å². The molecule has 0 radical (unpaired) electrons. The third-order valence-corrected chi connectivity index (χ3v) is 4.68. The summed E-state index contributed by atoms with van der Waals surface area (Å²) in [5.41, 5.74) is 1.85. The Hall–Kier alpha value is -3.52. The molecule has 4 rings (SSSR count). The van der Waals surface area contributed by atoms with Crippen molar-refractivity contribution in [2.24, 2.45) is 0 Å². The van der Waals surface area contributed by atoms with E-state index in [0.717, 1.165) is 17.5 Å². The van der Waals surface area contributed by atoms with Gasteiger partial charge in [0, 0.05) is 5.69 Å². The van der Waals surface area contributed by atoms with Gasteiger partial charge in [0.1, 0.15) is 11.5 Å². The summed E-state index contributed by atoms with van der Waals surface area (Å²) in [6.07, 6.45) is 1.52. The number of benzene rings is 2. The molecule has 0 fully saturated rings. The first-order valence-electron chi connectivity index (χ1n) is 8.80. The van der Waals surface area contributed by atoms with Crippen molar-refractivity contribution in [3.63, 3.8) is 0 Å². The van der Waals surface area contributed by atoms with Gasteiger partial charge in [0.25, 0.3) is 11.1 Å². The fourth-order valence-corrected chi connectivity index (χ4v) is 3.00. The number of carbonyl (C=O) groups is 1. The Balaban J connectivity index is 1.27. The quantitative estimate of drug-likeness (QED) is 0.423. The van der Waals surface area contributed by atoms with Crippen LogP contribution in [-0.2, 0) is 4.79 Å². The van der Waals surface area contributed by atoms with Crippen molar-refractivity contribution in [1.82, 2.24) is 10.2 Å². The summed E-state index contributed by atoms with van der Waals surface area (Å²) in [5.74, 6) is 2.18. The Labute approximate surface area is 171 Å². The van der Waals surface area contributed by atoms with Gasteiger partial charge < -0.3 is 18.9 Å². The lowest BCUT2D eigenvalue weighted by Crippen LogP contribution is -2.13. The maximum atomic E-state index is 12.2. The molecule has 0 saturated carbocycles. The number of nitrogens with one attached hydrogen (secondary N) is 1. The monoisotopic (exact) mass is 407 g/mol. The van der Waals surface area contributed by atoms with E-state index in [2.05, 4.69) is 15.5 Å². The predicted octanol–water partition coefficient (Wildman–Crippen LogP) is 5.16. The predicted molar refractivity (Wildman–Crippen MR) is 109 cm³/mol. The minimum Gasteiger partial charge on any atom is -0.459 e. The van der Waals surface area contributed by atoms with E-state index in [1.54, 1.807) is 36.4 Å². The van der Waals surface area contributed by atoms with Crippen molar-refractivity contribution in [3.05, 3.63) is 72.5 Å². The number of furan rings is 1. The van der Waals surface area contributed by atoms with Crippen molar-refractivity contribution < 1.29 is 18.4 Å². The summed E-state index contributed by atoms with van der Waals surface area (Å²) < 4.78 is 16.4. The zero-order valence-corrected chi connectivity index (χ0v) is 16.3. The largest absolute Gasteiger partial charge is 0.459 e. The number of amides is 1. The van der Waals surface area contributed by atoms with Gasteiger partial charge in [0.05, 0.1) is 12.0 Å². The fraction of sp³-hybridized carbons (Fsp3) is 0.0952. The van der Waals surface area contributed by atoms with Crippen LogP contribution in [0.25, 0.3) is 11.7 Å². The molecule has 0 aliphatic heterocycles. The van der Waals surface area contributed by atoms with Gasteiger partial charge >= 0.3 is 0 Å². The van der Waals surface area contributed by atoms with E-state index in [4.69, 9.17) is 13.6 Å². The first-order valence-corrected chi connectivity index (χ1v) is 9.79. The topological polar surface area (TPSA) is 90.4 Å². The van der Waals surface area contributed by atoms with Gasteiger partial charge in [0.15, 0.2) is 5.76 Å². The highest BCUT2D eigenvalue weighted by atomic mass is 32.2. The van der Waals surface area contributed by atoms with Crippen LogP contribution in [0.1, 0.15) is 5.56 Å². The molecule has 0 saturated heterocycles. The molecule has 0 aliphatic rings. The molecule has 8 heteroatoms. The minimum atomic E-state index is -0.181. The van der Waals surface area contributed by atoms with Crippen LogP contribution in [0.5, 0.6) is 11.5 Å². The van der Waals surface area contributed by atoms with Crippen LogP contribution in [-0.4, -0.2) is 21.9 Å². The molecule has 0 aliphatic carbocycles. The lowest BCUT2D eigenvalue weighted by molar-refractivity contribution is -0.113. The highest BCUT2D eigenvalue weighted by Crippen LogP contribution is 2.25. The summed E-state index contributed by atoms with van der Waals surface area (Å²) in [7, 11) is 0. The van der Waals surface area contributed by atoms with Crippen LogP contribution in [0.15, 0.2) is 81.0 Å². The molecule has 0 spiro atoms. The number of nitrogens with zero attached hydrogens (tertiary/aromatic N) is 2. The molecule has 1 amide bonds. The molecule has 1 N–H and O–H groups in total. The summed E-state index contributed by atoms with van der Waals surface area (Å²) >= 11 is 1.15. The molecule has 29 heavy (non-hydrogen) atoms. The molecule has 0 atom stereocenters. The number of hydrogen-bond donors (Lipinski definition) is 1. The van der Waals surface area contributed by atoms with Gasteiger partial charge in [-0.3, -0.25) is 4.79 Å². The third kappa shape index (κ3) is 5.05. The molecular weight excluding hydrogens is 390 g/mol. The van der Waals surface area contributed by atoms with Crippen LogP contribution in [0.2, 0.25) is 0 Å². The number of carbonyl (C=O) groups excluding carboxylic acids is 1. The second-order valence-corrected chi connectivity index (χ2v) is 7.05. The Bertz CT molecular complexity index is 1070. The van der Waals surface area contributed by atoms with Gasteiger partial charge in [-0.15, -0.1) is 10.2 Å². The minimum absolute atomic E-state index is 0.140. The maximum absolute atomic E-state index is 12.2. The zero-order valence-electron chi connectivity index (χ0n) is 15.5. The second kappa shape index (κ2) is 8.66. The highest BCUT2D eigenvalue weighted by Gasteiger charge is 2.13. The molecular formula is C21H17N3O4S. The summed E-state index contributed by atoms with van der Waals surface area (Å²) in [5, 5.41) is 10.9. The molecule has 2 aromatic carbocycles. The van der Waals surface area contributed by atoms with E-state index in [0.29, 0.717) is 22.4 Å². The maximum Gasteiger partial charge on any atom is 0.284 e. The Morgan fingerprint density at radius 3 is 2.45 bits per heavy atom. The van der Waals surface area contributed by atoms with Crippen LogP contribution < -0.4 is 10.1 Å². The molecule has 2 heterocycles. The van der Waals surface area contributed by atoms with Gasteiger partial charge in [-0.25, -0.2) is 0 Å². The Morgan fingerprint density at radius 2 is 1.76 bits per heavy atom. The summed E-state index contributed by atoms with van der Waals surface area (Å²) in [6.45, 7) is 2.02. The number of aromatic nitrogens is 2. The van der Waals surface area contributed by atoms with Gasteiger partial charge in [0.2, 0.25) is 5.91 Å². The number of hydrogen-bond acceptors (Lipinski definition) is 7. The molecule has 0 bridgehead atoms. The van der Waals surface area contributed by atoms with Gasteiger partial charge in [-0.1, -0.05) is 29.5 Å². The van der Waals surface area contributed by atoms with Gasteiger partial charge in [-0.05, 0) is 55.5 Å². The smallest absolute Gasteiger partial charge is 0.284 e. The van der Waals surface area contributed by atoms with E-state index in [9.17, 15) is 4.79 Å². The lowest BCUT2D eigenvalue weighted by atomic mass is 10.2. The van der Waals surface area contributed by atoms with Crippen LogP contribution in [0, 0.1) is 6.92 Å². The number of thioether (sulfide) groups is 1. The van der Waals surface area contributed by atoms with E-state index >= 15 is 0 Å². The fourth-order valence-electron chi connectivity index (χ4n) is 2.44. The molecule has 4 aromatic rings. The summed E-state index contributed by atoms with van der Waals surface area (Å²) in [4.78, 5) is 12.2. The molecule has 7 nitrogen and oxygen atoms in total. The average molecular weight is 407 g/mol. The first kappa shape index (κ1) is 18.8. The van der Waals surface area contributed by atoms with Crippen molar-refractivity contribution in [3.8, 4) is 23.1 Å². The average Bonchev–Trinajstić information content (AvgIpc) is 3.41. The zero-order chi connectivity index (χ0) is 20.1. The number of rotatable bonds is 7. The third-order valence-electron chi connectivity index (χ3n) is 3.86. The molecule has 0 unspecified atom stereocenters. The van der Waals surface area contributed by atoms with Crippen molar-refractivity contribution >= 4 is 23.4 Å².